The largest absolute Gasteiger partial charge is 0.353 e. The number of nitrogens with zero attached hydrogens (tertiary/aromatic N) is 1. The van der Waals surface area contributed by atoms with Gasteiger partial charge in [-0.25, -0.2) is 0 Å². The third kappa shape index (κ3) is 4.33. The van der Waals surface area contributed by atoms with Gasteiger partial charge in [-0.05, 0) is 31.6 Å². The van der Waals surface area contributed by atoms with Crippen molar-refractivity contribution in [3.8, 4) is 6.07 Å². The summed E-state index contributed by atoms with van der Waals surface area (Å²) >= 11 is 0. The van der Waals surface area contributed by atoms with Gasteiger partial charge in [0, 0.05) is 18.4 Å². The summed E-state index contributed by atoms with van der Waals surface area (Å²) in [6.07, 6.45) is 4.40. The zero-order chi connectivity index (χ0) is 11.3. The predicted molar refractivity (Wildman–Crippen MR) is 59.0 cm³/mol. The summed E-state index contributed by atoms with van der Waals surface area (Å²) in [7, 11) is 0. The van der Waals surface area contributed by atoms with Crippen LogP contribution in [0.4, 0.5) is 0 Å². The Labute approximate surface area is 91.9 Å². The van der Waals surface area contributed by atoms with Crippen molar-refractivity contribution in [1.82, 2.24) is 5.32 Å². The van der Waals surface area contributed by atoms with Crippen LogP contribution in [-0.4, -0.2) is 11.9 Å². The first kappa shape index (κ1) is 12.0. The fourth-order valence-corrected chi connectivity index (χ4v) is 2.02. The molecular weight excluding hydrogens is 188 g/mol. The highest BCUT2D eigenvalue weighted by Crippen LogP contribution is 2.23. The highest BCUT2D eigenvalue weighted by Gasteiger charge is 2.21. The first-order valence-electron chi connectivity index (χ1n) is 5.80. The lowest BCUT2D eigenvalue weighted by molar-refractivity contribution is -0.122. The van der Waals surface area contributed by atoms with Crippen LogP contribution in [0.25, 0.3) is 0 Å². The van der Waals surface area contributed by atoms with Crippen LogP contribution in [0.1, 0.15) is 46.0 Å². The molecule has 0 aliphatic heterocycles. The fourth-order valence-electron chi connectivity index (χ4n) is 2.02. The van der Waals surface area contributed by atoms with Crippen molar-refractivity contribution in [3.05, 3.63) is 0 Å². The average Bonchev–Trinajstić information content (AvgIpc) is 2.17. The molecule has 0 aromatic carbocycles. The number of carbonyl (C=O) groups excluding carboxylic acids is 1. The molecule has 1 saturated carbocycles. The number of nitriles is 1. The Balaban J connectivity index is 2.24. The van der Waals surface area contributed by atoms with Gasteiger partial charge in [0.2, 0.25) is 5.91 Å². The van der Waals surface area contributed by atoms with Crippen LogP contribution in [0.3, 0.4) is 0 Å². The minimum Gasteiger partial charge on any atom is -0.353 e. The summed E-state index contributed by atoms with van der Waals surface area (Å²) in [5.41, 5.74) is 0. The minimum absolute atomic E-state index is 0.158. The maximum absolute atomic E-state index is 11.5. The molecule has 84 valence electrons. The third-order valence-electron chi connectivity index (χ3n) is 2.87. The summed E-state index contributed by atoms with van der Waals surface area (Å²) in [4.78, 5) is 11.5. The monoisotopic (exact) mass is 208 g/mol. The van der Waals surface area contributed by atoms with Crippen molar-refractivity contribution in [1.29, 1.82) is 5.26 Å². The van der Waals surface area contributed by atoms with Crippen LogP contribution < -0.4 is 5.32 Å². The van der Waals surface area contributed by atoms with Crippen molar-refractivity contribution in [2.24, 2.45) is 11.8 Å². The third-order valence-corrected chi connectivity index (χ3v) is 2.87. The number of hydrogen-bond donors (Lipinski definition) is 1. The standard InChI is InChI=1S/C12H20N2O/c1-9(2)7-12(15)14-11-5-3-10(8-13)4-6-11/h9-11H,3-7H2,1-2H3,(H,14,15). The van der Waals surface area contributed by atoms with Gasteiger partial charge >= 0.3 is 0 Å². The van der Waals surface area contributed by atoms with Crippen LogP contribution in [0.5, 0.6) is 0 Å². The lowest BCUT2D eigenvalue weighted by Gasteiger charge is -2.25. The highest BCUT2D eigenvalue weighted by molar-refractivity contribution is 5.76. The molecule has 1 N–H and O–H groups in total. The van der Waals surface area contributed by atoms with Gasteiger partial charge in [0.1, 0.15) is 0 Å². The van der Waals surface area contributed by atoms with Crippen LogP contribution in [0.2, 0.25) is 0 Å². The Morgan fingerprint density at radius 2 is 2.00 bits per heavy atom. The molecule has 0 saturated heterocycles. The van der Waals surface area contributed by atoms with Crippen molar-refractivity contribution in [2.45, 2.75) is 52.0 Å². The summed E-state index contributed by atoms with van der Waals surface area (Å²) in [5.74, 6) is 0.786. The van der Waals surface area contributed by atoms with Crippen LogP contribution >= 0.6 is 0 Å². The smallest absolute Gasteiger partial charge is 0.220 e. The van der Waals surface area contributed by atoms with Gasteiger partial charge in [-0.3, -0.25) is 4.79 Å². The second kappa shape index (κ2) is 5.75. The topological polar surface area (TPSA) is 52.9 Å². The molecule has 0 heterocycles. The van der Waals surface area contributed by atoms with Crippen molar-refractivity contribution in [3.63, 3.8) is 0 Å². The van der Waals surface area contributed by atoms with Crippen LogP contribution in [0, 0.1) is 23.2 Å². The fraction of sp³-hybridized carbons (Fsp3) is 0.833. The molecule has 0 unspecified atom stereocenters. The van der Waals surface area contributed by atoms with E-state index in [1.165, 1.54) is 0 Å². The van der Waals surface area contributed by atoms with Gasteiger partial charge in [0.25, 0.3) is 0 Å². The Morgan fingerprint density at radius 3 is 2.47 bits per heavy atom. The molecule has 0 spiro atoms. The average molecular weight is 208 g/mol. The molecule has 15 heavy (non-hydrogen) atoms. The minimum atomic E-state index is 0.158. The second-order valence-electron chi connectivity index (χ2n) is 4.84. The molecule has 0 radical (unpaired) electrons. The first-order chi connectivity index (χ1) is 7.11. The van der Waals surface area contributed by atoms with Crippen LogP contribution in [-0.2, 0) is 4.79 Å². The maximum atomic E-state index is 11.5. The number of nitrogens with one attached hydrogen (secondary N) is 1. The number of carbonyl (C=O) groups is 1. The van der Waals surface area contributed by atoms with Gasteiger partial charge in [0.15, 0.2) is 0 Å². The van der Waals surface area contributed by atoms with Crippen molar-refractivity contribution >= 4 is 5.91 Å². The van der Waals surface area contributed by atoms with Gasteiger partial charge in [0.05, 0.1) is 6.07 Å². The number of amides is 1. The lowest BCUT2D eigenvalue weighted by atomic mass is 9.87. The van der Waals surface area contributed by atoms with Gasteiger partial charge in [-0.15, -0.1) is 0 Å². The molecule has 0 aromatic heterocycles. The van der Waals surface area contributed by atoms with Gasteiger partial charge in [-0.1, -0.05) is 13.8 Å². The molecule has 0 bridgehead atoms. The van der Waals surface area contributed by atoms with Crippen LogP contribution in [0.15, 0.2) is 0 Å². The lowest BCUT2D eigenvalue weighted by Crippen LogP contribution is -2.37. The first-order valence-corrected chi connectivity index (χ1v) is 5.80. The molecule has 3 heteroatoms. The summed E-state index contributed by atoms with van der Waals surface area (Å²) in [6, 6.07) is 2.60. The van der Waals surface area contributed by atoms with Gasteiger partial charge in [-0.2, -0.15) is 5.26 Å². The molecule has 1 rings (SSSR count). The molecular formula is C12H20N2O. The molecule has 1 fully saturated rings. The van der Waals surface area contributed by atoms with Crippen molar-refractivity contribution in [2.75, 3.05) is 0 Å². The summed E-state index contributed by atoms with van der Waals surface area (Å²) < 4.78 is 0. The van der Waals surface area contributed by atoms with Gasteiger partial charge < -0.3 is 5.32 Å². The SMILES string of the molecule is CC(C)CC(=O)NC1CCC(C#N)CC1. The van der Waals surface area contributed by atoms with Crippen molar-refractivity contribution < 1.29 is 4.79 Å². The molecule has 0 aromatic rings. The van der Waals surface area contributed by atoms with E-state index in [4.69, 9.17) is 5.26 Å². The van der Waals surface area contributed by atoms with E-state index in [1.54, 1.807) is 0 Å². The van der Waals surface area contributed by atoms with E-state index in [2.05, 4.69) is 11.4 Å². The van der Waals surface area contributed by atoms with E-state index in [9.17, 15) is 4.79 Å². The Bertz CT molecular complexity index is 247. The summed E-state index contributed by atoms with van der Waals surface area (Å²) in [6.45, 7) is 4.10. The predicted octanol–water partition coefficient (Wildman–Crippen LogP) is 2.23. The quantitative estimate of drug-likeness (QED) is 0.773. The molecule has 3 nitrogen and oxygen atoms in total. The molecule has 1 amide bonds. The second-order valence-corrected chi connectivity index (χ2v) is 4.84. The molecule has 0 atom stereocenters. The number of hydrogen-bond acceptors (Lipinski definition) is 2. The highest BCUT2D eigenvalue weighted by atomic mass is 16.1. The summed E-state index contributed by atoms with van der Waals surface area (Å²) in [5, 5.41) is 11.8. The van der Waals surface area contributed by atoms with E-state index in [0.29, 0.717) is 18.4 Å². The Hall–Kier alpha value is -1.04. The normalized spacial score (nSPS) is 26.0. The maximum Gasteiger partial charge on any atom is 0.220 e. The van der Waals surface area contributed by atoms with E-state index < -0.39 is 0 Å². The van der Waals surface area contributed by atoms with E-state index >= 15 is 0 Å². The number of rotatable bonds is 3. The Kier molecular flexibility index (Phi) is 4.61. The van der Waals surface area contributed by atoms with E-state index in [1.807, 2.05) is 13.8 Å². The van der Waals surface area contributed by atoms with E-state index in [-0.39, 0.29) is 11.8 Å². The zero-order valence-electron chi connectivity index (χ0n) is 9.62. The molecule has 1 aliphatic carbocycles. The molecule has 1 aliphatic rings. The van der Waals surface area contributed by atoms with E-state index in [0.717, 1.165) is 25.7 Å². The zero-order valence-corrected chi connectivity index (χ0v) is 9.62. The Morgan fingerprint density at radius 1 is 1.40 bits per heavy atom.